The number of anilines is 1. The highest BCUT2D eigenvalue weighted by molar-refractivity contribution is 7.92. The van der Waals surface area contributed by atoms with Gasteiger partial charge in [-0.1, -0.05) is 12.1 Å². The Labute approximate surface area is 156 Å². The second kappa shape index (κ2) is 8.63. The lowest BCUT2D eigenvalue weighted by Gasteiger charge is -2.11. The van der Waals surface area contributed by atoms with E-state index in [4.69, 9.17) is 4.74 Å². The van der Waals surface area contributed by atoms with Crippen LogP contribution in [0.1, 0.15) is 5.56 Å². The fraction of sp³-hybridized carbons (Fsp3) is 0.222. The van der Waals surface area contributed by atoms with Crippen LogP contribution in [0.4, 0.5) is 10.1 Å². The summed E-state index contributed by atoms with van der Waals surface area (Å²) in [7, 11) is -0.728. The summed E-state index contributed by atoms with van der Waals surface area (Å²) >= 11 is 0. The van der Waals surface area contributed by atoms with Gasteiger partial charge >= 0.3 is 5.97 Å². The molecular formula is C18H19FN2O5S. The van der Waals surface area contributed by atoms with Crippen LogP contribution in [0.5, 0.6) is 0 Å². The molecule has 0 fully saturated rings. The van der Waals surface area contributed by atoms with Crippen molar-refractivity contribution < 1.29 is 27.1 Å². The molecule has 0 saturated heterocycles. The van der Waals surface area contributed by atoms with E-state index < -0.39 is 21.8 Å². The molecular weight excluding hydrogens is 375 g/mol. The van der Waals surface area contributed by atoms with Crippen molar-refractivity contribution in [3.63, 3.8) is 0 Å². The van der Waals surface area contributed by atoms with Crippen LogP contribution < -0.4 is 4.72 Å². The van der Waals surface area contributed by atoms with Crippen molar-refractivity contribution in [3.05, 3.63) is 59.9 Å². The number of hydrogen-bond donors (Lipinski definition) is 1. The molecule has 9 heteroatoms. The summed E-state index contributed by atoms with van der Waals surface area (Å²) in [5.41, 5.74) is 0.890. The highest BCUT2D eigenvalue weighted by atomic mass is 32.2. The monoisotopic (exact) mass is 394 g/mol. The SMILES string of the molecule is CN(C)C(=O)COC(=O)Cc1ccc(NS(=O)(=O)c2ccc(F)cc2)cc1. The Hall–Kier alpha value is -2.94. The maximum Gasteiger partial charge on any atom is 0.310 e. The van der Waals surface area contributed by atoms with Crippen LogP contribution in [-0.2, 0) is 30.8 Å². The predicted molar refractivity (Wildman–Crippen MR) is 97.0 cm³/mol. The van der Waals surface area contributed by atoms with Crippen molar-refractivity contribution >= 4 is 27.6 Å². The number of carbonyl (C=O) groups is 2. The average Bonchev–Trinajstić information content (AvgIpc) is 2.61. The molecule has 2 aromatic carbocycles. The number of sulfonamides is 1. The van der Waals surface area contributed by atoms with Crippen LogP contribution in [0, 0.1) is 5.82 Å². The Morgan fingerprint density at radius 2 is 1.63 bits per heavy atom. The zero-order valence-corrected chi connectivity index (χ0v) is 15.6. The largest absolute Gasteiger partial charge is 0.455 e. The topological polar surface area (TPSA) is 92.8 Å². The number of hydrogen-bond acceptors (Lipinski definition) is 5. The average molecular weight is 394 g/mol. The molecule has 0 aliphatic carbocycles. The van der Waals surface area contributed by atoms with Gasteiger partial charge in [0.25, 0.3) is 15.9 Å². The van der Waals surface area contributed by atoms with E-state index in [0.29, 0.717) is 11.3 Å². The number of carbonyl (C=O) groups excluding carboxylic acids is 2. The van der Waals surface area contributed by atoms with Crippen LogP contribution >= 0.6 is 0 Å². The molecule has 0 aromatic heterocycles. The lowest BCUT2D eigenvalue weighted by Crippen LogP contribution is -2.27. The molecule has 2 rings (SSSR count). The fourth-order valence-corrected chi connectivity index (χ4v) is 3.07. The van der Waals surface area contributed by atoms with Gasteiger partial charge in [0.2, 0.25) is 0 Å². The summed E-state index contributed by atoms with van der Waals surface area (Å²) in [6, 6.07) is 10.6. The van der Waals surface area contributed by atoms with E-state index in [-0.39, 0.29) is 23.8 Å². The van der Waals surface area contributed by atoms with Crippen LogP contribution in [-0.4, -0.2) is 45.9 Å². The van der Waals surface area contributed by atoms with Crippen LogP contribution in [0.3, 0.4) is 0 Å². The number of nitrogens with zero attached hydrogens (tertiary/aromatic N) is 1. The van der Waals surface area contributed by atoms with Gasteiger partial charge in [-0.05, 0) is 42.0 Å². The molecule has 0 unspecified atom stereocenters. The first-order valence-electron chi connectivity index (χ1n) is 7.90. The third kappa shape index (κ3) is 6.07. The molecule has 144 valence electrons. The molecule has 1 amide bonds. The van der Waals surface area contributed by atoms with E-state index in [1.807, 2.05) is 0 Å². The second-order valence-corrected chi connectivity index (χ2v) is 7.56. The Morgan fingerprint density at radius 3 is 2.19 bits per heavy atom. The molecule has 0 spiro atoms. The Balaban J connectivity index is 1.95. The molecule has 0 saturated carbocycles. The van der Waals surface area contributed by atoms with Gasteiger partial charge in [0.1, 0.15) is 5.82 Å². The van der Waals surface area contributed by atoms with Gasteiger partial charge in [-0.15, -0.1) is 0 Å². The number of halogens is 1. The summed E-state index contributed by atoms with van der Waals surface area (Å²) in [5, 5.41) is 0. The summed E-state index contributed by atoms with van der Waals surface area (Å²) in [6.45, 7) is -0.332. The number of nitrogens with one attached hydrogen (secondary N) is 1. The number of amides is 1. The van der Waals surface area contributed by atoms with Crippen LogP contribution in [0.25, 0.3) is 0 Å². The first kappa shape index (κ1) is 20.4. The summed E-state index contributed by atoms with van der Waals surface area (Å²) in [4.78, 5) is 24.4. The maximum absolute atomic E-state index is 12.9. The number of rotatable bonds is 7. The molecule has 27 heavy (non-hydrogen) atoms. The molecule has 2 aromatic rings. The number of esters is 1. The van der Waals surface area contributed by atoms with E-state index in [1.165, 1.54) is 17.0 Å². The zero-order chi connectivity index (χ0) is 20.0. The van der Waals surface area contributed by atoms with E-state index >= 15 is 0 Å². The van der Waals surface area contributed by atoms with E-state index in [9.17, 15) is 22.4 Å². The maximum atomic E-state index is 12.9. The van der Waals surface area contributed by atoms with Crippen LogP contribution in [0.15, 0.2) is 53.4 Å². The lowest BCUT2D eigenvalue weighted by atomic mass is 10.1. The molecule has 0 aliphatic heterocycles. The first-order chi connectivity index (χ1) is 12.7. The number of benzene rings is 2. The molecule has 1 N–H and O–H groups in total. The quantitative estimate of drug-likeness (QED) is 0.723. The van der Waals surface area contributed by atoms with Gasteiger partial charge in [0.15, 0.2) is 6.61 Å². The minimum Gasteiger partial charge on any atom is -0.455 e. The fourth-order valence-electron chi connectivity index (χ4n) is 2.01. The van der Waals surface area contributed by atoms with E-state index in [0.717, 1.165) is 24.3 Å². The lowest BCUT2D eigenvalue weighted by molar-refractivity contribution is -0.150. The molecule has 0 heterocycles. The third-order valence-electron chi connectivity index (χ3n) is 3.53. The molecule has 0 aliphatic rings. The van der Waals surface area contributed by atoms with Gasteiger partial charge in [0, 0.05) is 19.8 Å². The molecule has 0 radical (unpaired) electrons. The van der Waals surface area contributed by atoms with Crippen molar-refractivity contribution in [1.29, 1.82) is 0 Å². The predicted octanol–water partition coefficient (Wildman–Crippen LogP) is 1.80. The van der Waals surface area contributed by atoms with Crippen molar-refractivity contribution in [2.45, 2.75) is 11.3 Å². The summed E-state index contributed by atoms with van der Waals surface area (Å²) in [5.74, 6) is -1.42. The van der Waals surface area contributed by atoms with Gasteiger partial charge in [-0.2, -0.15) is 0 Å². The molecule has 7 nitrogen and oxygen atoms in total. The minimum absolute atomic E-state index is 0.0499. The molecule has 0 atom stereocenters. The normalized spacial score (nSPS) is 10.9. The number of likely N-dealkylation sites (N-methyl/N-ethyl adjacent to an activating group) is 1. The van der Waals surface area contributed by atoms with Gasteiger partial charge in [-0.25, -0.2) is 12.8 Å². The van der Waals surface area contributed by atoms with Crippen LogP contribution in [0.2, 0.25) is 0 Å². The first-order valence-corrected chi connectivity index (χ1v) is 9.39. The number of ether oxygens (including phenoxy) is 1. The highest BCUT2D eigenvalue weighted by Gasteiger charge is 2.14. The van der Waals surface area contributed by atoms with Gasteiger partial charge in [-0.3, -0.25) is 14.3 Å². The summed E-state index contributed by atoms with van der Waals surface area (Å²) < 4.78 is 44.6. The Morgan fingerprint density at radius 1 is 1.04 bits per heavy atom. The van der Waals surface area contributed by atoms with Gasteiger partial charge < -0.3 is 9.64 Å². The second-order valence-electron chi connectivity index (χ2n) is 5.88. The van der Waals surface area contributed by atoms with E-state index in [2.05, 4.69) is 4.72 Å². The van der Waals surface area contributed by atoms with Crippen molar-refractivity contribution in [2.75, 3.05) is 25.4 Å². The Bertz CT molecular complexity index is 910. The molecule has 0 bridgehead atoms. The van der Waals surface area contributed by atoms with Crippen molar-refractivity contribution in [2.24, 2.45) is 0 Å². The minimum atomic E-state index is -3.84. The smallest absolute Gasteiger partial charge is 0.310 e. The highest BCUT2D eigenvalue weighted by Crippen LogP contribution is 2.17. The van der Waals surface area contributed by atoms with E-state index in [1.54, 1.807) is 26.2 Å². The van der Waals surface area contributed by atoms with Crippen molar-refractivity contribution in [1.82, 2.24) is 4.90 Å². The third-order valence-corrected chi connectivity index (χ3v) is 4.93. The van der Waals surface area contributed by atoms with Gasteiger partial charge in [0.05, 0.1) is 11.3 Å². The zero-order valence-electron chi connectivity index (χ0n) is 14.8. The van der Waals surface area contributed by atoms with Crippen molar-refractivity contribution in [3.8, 4) is 0 Å². The standard InChI is InChI=1S/C18H19FN2O5S/c1-21(2)17(22)12-26-18(23)11-13-3-7-15(8-4-13)20-27(24,25)16-9-5-14(19)6-10-16/h3-10,20H,11-12H2,1-2H3. The Kier molecular flexibility index (Phi) is 6.51. The summed E-state index contributed by atoms with van der Waals surface area (Å²) in [6.07, 6.45) is -0.0499.